The van der Waals surface area contributed by atoms with Crippen molar-refractivity contribution in [1.29, 1.82) is 0 Å². The number of benzene rings is 2. The topological polar surface area (TPSA) is 103 Å². The van der Waals surface area contributed by atoms with Crippen LogP contribution >= 0.6 is 0 Å². The largest absolute Gasteiger partial charge is 0.477 e. The Kier molecular flexibility index (Phi) is 6.54. The molecule has 1 N–H and O–H groups in total. The Bertz CT molecular complexity index is 814. The number of nitrogens with one attached hydrogen (secondary N) is 1. The summed E-state index contributed by atoms with van der Waals surface area (Å²) in [6.07, 6.45) is 1.13. The highest BCUT2D eigenvalue weighted by Crippen LogP contribution is 2.25. The first-order valence-corrected chi connectivity index (χ1v) is 7.19. The van der Waals surface area contributed by atoms with E-state index >= 15 is 0 Å². The van der Waals surface area contributed by atoms with E-state index in [4.69, 9.17) is 4.74 Å². The van der Waals surface area contributed by atoms with Gasteiger partial charge in [-0.2, -0.15) is 13.9 Å². The molecule has 10 heteroatoms. The molecule has 0 aliphatic rings. The number of para-hydroxylation sites is 3. The molecule has 0 bridgehead atoms. The van der Waals surface area contributed by atoms with Gasteiger partial charge in [0, 0.05) is 11.6 Å². The number of nitro benzene ring substituents is 1. The van der Waals surface area contributed by atoms with E-state index in [1.165, 1.54) is 42.5 Å². The molecule has 0 unspecified atom stereocenters. The summed E-state index contributed by atoms with van der Waals surface area (Å²) in [4.78, 5) is 21.9. The monoisotopic (exact) mass is 365 g/mol. The molecule has 136 valence electrons. The number of carbonyl (C=O) groups is 1. The van der Waals surface area contributed by atoms with E-state index < -0.39 is 24.0 Å². The predicted octanol–water partition coefficient (Wildman–Crippen LogP) is 2.73. The lowest BCUT2D eigenvalue weighted by atomic mass is 10.2. The van der Waals surface area contributed by atoms with Gasteiger partial charge in [0.15, 0.2) is 12.4 Å². The average Bonchev–Trinajstić information content (AvgIpc) is 2.61. The zero-order valence-corrected chi connectivity index (χ0v) is 13.2. The lowest BCUT2D eigenvalue weighted by Crippen LogP contribution is -2.24. The molecule has 0 atom stereocenters. The minimum Gasteiger partial charge on any atom is -0.477 e. The van der Waals surface area contributed by atoms with Crippen LogP contribution in [0.25, 0.3) is 0 Å². The quantitative estimate of drug-likeness (QED) is 0.440. The minimum absolute atomic E-state index is 0.0627. The van der Waals surface area contributed by atoms with E-state index in [-0.39, 0.29) is 22.7 Å². The Morgan fingerprint density at radius 3 is 2.54 bits per heavy atom. The van der Waals surface area contributed by atoms with Gasteiger partial charge in [0.2, 0.25) is 0 Å². The van der Waals surface area contributed by atoms with Crippen LogP contribution in [-0.2, 0) is 4.79 Å². The summed E-state index contributed by atoms with van der Waals surface area (Å²) in [7, 11) is 0. The Morgan fingerprint density at radius 2 is 1.85 bits per heavy atom. The van der Waals surface area contributed by atoms with E-state index in [9.17, 15) is 23.7 Å². The van der Waals surface area contributed by atoms with Gasteiger partial charge in [-0.05, 0) is 18.2 Å². The number of rotatable bonds is 8. The van der Waals surface area contributed by atoms with E-state index in [1.807, 2.05) is 0 Å². The van der Waals surface area contributed by atoms with Gasteiger partial charge in [-0.25, -0.2) is 5.43 Å². The smallest absolute Gasteiger partial charge is 0.387 e. The van der Waals surface area contributed by atoms with E-state index in [1.54, 1.807) is 6.07 Å². The molecule has 0 aliphatic carbocycles. The zero-order valence-electron chi connectivity index (χ0n) is 13.2. The summed E-state index contributed by atoms with van der Waals surface area (Å²) >= 11 is 0. The number of hydrazone groups is 1. The van der Waals surface area contributed by atoms with Crippen molar-refractivity contribution >= 4 is 17.8 Å². The average molecular weight is 365 g/mol. The summed E-state index contributed by atoms with van der Waals surface area (Å²) in [5.74, 6) is -0.851. The molecular weight excluding hydrogens is 352 g/mol. The number of nitrogens with zero attached hydrogens (tertiary/aromatic N) is 2. The van der Waals surface area contributed by atoms with Gasteiger partial charge in [0.25, 0.3) is 5.91 Å². The lowest BCUT2D eigenvalue weighted by molar-refractivity contribution is -0.385. The molecule has 0 heterocycles. The van der Waals surface area contributed by atoms with Crippen LogP contribution < -0.4 is 14.9 Å². The number of nitro groups is 1. The third-order valence-corrected chi connectivity index (χ3v) is 2.95. The minimum atomic E-state index is -2.99. The van der Waals surface area contributed by atoms with Gasteiger partial charge in [0.05, 0.1) is 11.1 Å². The molecule has 2 rings (SSSR count). The molecule has 0 saturated heterocycles. The van der Waals surface area contributed by atoms with E-state index in [0.29, 0.717) is 0 Å². The van der Waals surface area contributed by atoms with Crippen molar-refractivity contribution in [2.75, 3.05) is 6.61 Å². The number of hydrogen-bond acceptors (Lipinski definition) is 6. The summed E-state index contributed by atoms with van der Waals surface area (Å²) in [6.45, 7) is -3.51. The van der Waals surface area contributed by atoms with Crippen LogP contribution in [-0.4, -0.2) is 30.3 Å². The molecule has 0 aromatic heterocycles. The molecule has 26 heavy (non-hydrogen) atoms. The maximum Gasteiger partial charge on any atom is 0.387 e. The molecule has 0 radical (unpaired) electrons. The molecule has 1 amide bonds. The Morgan fingerprint density at radius 1 is 1.19 bits per heavy atom. The maximum atomic E-state index is 12.3. The lowest BCUT2D eigenvalue weighted by Gasteiger charge is -2.07. The first kappa shape index (κ1) is 18.8. The van der Waals surface area contributed by atoms with Crippen LogP contribution in [0, 0.1) is 10.1 Å². The van der Waals surface area contributed by atoms with Crippen LogP contribution in [0.4, 0.5) is 14.5 Å². The highest BCUT2D eigenvalue weighted by atomic mass is 19.3. The summed E-state index contributed by atoms with van der Waals surface area (Å²) in [5.41, 5.74) is 2.08. The van der Waals surface area contributed by atoms with Gasteiger partial charge in [-0.15, -0.1) is 0 Å². The Labute approximate surface area is 146 Å². The predicted molar refractivity (Wildman–Crippen MR) is 87.4 cm³/mol. The third-order valence-electron chi connectivity index (χ3n) is 2.95. The second-order valence-electron chi connectivity index (χ2n) is 4.72. The van der Waals surface area contributed by atoms with Gasteiger partial charge in [-0.1, -0.05) is 24.3 Å². The van der Waals surface area contributed by atoms with Crippen molar-refractivity contribution in [3.8, 4) is 11.5 Å². The SMILES string of the molecule is O=C(COc1ccccc1[N+](=O)[O-])N/N=C\c1ccccc1OC(F)F. The number of carbonyl (C=O) groups excluding carboxylic acids is 1. The maximum absolute atomic E-state index is 12.3. The van der Waals surface area contributed by atoms with Crippen molar-refractivity contribution in [3.05, 3.63) is 64.2 Å². The first-order chi connectivity index (χ1) is 12.5. The number of ether oxygens (including phenoxy) is 2. The second kappa shape index (κ2) is 9.06. The summed E-state index contributed by atoms with van der Waals surface area (Å²) in [6, 6.07) is 11.5. The molecule has 0 aliphatic heterocycles. The van der Waals surface area contributed by atoms with E-state index in [0.717, 1.165) is 6.21 Å². The standard InChI is InChI=1S/C16H13F2N3O5/c17-16(18)26-13-7-3-1-5-11(13)9-19-20-15(22)10-25-14-8-4-2-6-12(14)21(23)24/h1-9,16H,10H2,(H,20,22)/b19-9-. The van der Waals surface area contributed by atoms with Crippen LogP contribution in [0.2, 0.25) is 0 Å². The van der Waals surface area contributed by atoms with Gasteiger partial charge in [0.1, 0.15) is 5.75 Å². The molecule has 0 fully saturated rings. The molecule has 2 aromatic carbocycles. The normalized spacial score (nSPS) is 10.7. The zero-order chi connectivity index (χ0) is 18.9. The number of halogens is 2. The fourth-order valence-corrected chi connectivity index (χ4v) is 1.87. The summed E-state index contributed by atoms with van der Waals surface area (Å²) < 4.78 is 34.0. The molecule has 8 nitrogen and oxygen atoms in total. The van der Waals surface area contributed by atoms with E-state index in [2.05, 4.69) is 15.3 Å². The highest BCUT2D eigenvalue weighted by Gasteiger charge is 2.14. The van der Waals surface area contributed by atoms with Crippen LogP contribution in [0.3, 0.4) is 0 Å². The van der Waals surface area contributed by atoms with Crippen molar-refractivity contribution in [3.63, 3.8) is 0 Å². The van der Waals surface area contributed by atoms with Crippen molar-refractivity contribution in [2.45, 2.75) is 6.61 Å². The van der Waals surface area contributed by atoms with Crippen molar-refractivity contribution in [2.24, 2.45) is 5.10 Å². The van der Waals surface area contributed by atoms with Crippen molar-refractivity contribution in [1.82, 2.24) is 5.43 Å². The Balaban J connectivity index is 1.92. The number of amides is 1. The van der Waals surface area contributed by atoms with Crippen LogP contribution in [0.1, 0.15) is 5.56 Å². The van der Waals surface area contributed by atoms with Crippen LogP contribution in [0.5, 0.6) is 11.5 Å². The van der Waals surface area contributed by atoms with Crippen molar-refractivity contribution < 1.29 is 28.0 Å². The number of alkyl halides is 2. The van der Waals surface area contributed by atoms with Gasteiger partial charge >= 0.3 is 12.3 Å². The highest BCUT2D eigenvalue weighted by molar-refractivity contribution is 5.85. The fourth-order valence-electron chi connectivity index (χ4n) is 1.87. The van der Waals surface area contributed by atoms with Gasteiger partial charge < -0.3 is 9.47 Å². The second-order valence-corrected chi connectivity index (χ2v) is 4.72. The first-order valence-electron chi connectivity index (χ1n) is 7.19. The fraction of sp³-hybridized carbons (Fsp3) is 0.125. The molecular formula is C16H13F2N3O5. The molecule has 2 aromatic rings. The molecule has 0 saturated carbocycles. The number of hydrogen-bond donors (Lipinski definition) is 1. The molecule has 0 spiro atoms. The Hall–Kier alpha value is -3.56. The third kappa shape index (κ3) is 5.51. The van der Waals surface area contributed by atoms with Gasteiger partial charge in [-0.3, -0.25) is 14.9 Å². The summed E-state index contributed by atoms with van der Waals surface area (Å²) in [5, 5.41) is 14.5. The van der Waals surface area contributed by atoms with Crippen LogP contribution in [0.15, 0.2) is 53.6 Å².